The Balaban J connectivity index is 1.75. The van der Waals surface area contributed by atoms with Gasteiger partial charge in [-0.05, 0) is 53.6 Å². The Morgan fingerprint density at radius 3 is 2.14 bits per heavy atom. The lowest BCUT2D eigenvalue weighted by atomic mass is 10.1. The minimum Gasteiger partial charge on any atom is -0.457 e. The molecule has 0 radical (unpaired) electrons. The Kier molecular flexibility index (Phi) is 3.95. The van der Waals surface area contributed by atoms with E-state index in [1.165, 1.54) is 0 Å². The van der Waals surface area contributed by atoms with Gasteiger partial charge >= 0.3 is 0 Å². The molecule has 0 bridgehead atoms. The second kappa shape index (κ2) is 6.04. The summed E-state index contributed by atoms with van der Waals surface area (Å²) in [4.78, 5) is 0. The summed E-state index contributed by atoms with van der Waals surface area (Å²) in [5.41, 5.74) is 0.710. The highest BCUT2D eigenvalue weighted by molar-refractivity contribution is 6.28. The topological polar surface area (TPSA) is 42.6 Å². The predicted molar refractivity (Wildman–Crippen MR) is 80.7 cm³/mol. The smallest absolute Gasteiger partial charge is 0.193 e. The summed E-state index contributed by atoms with van der Waals surface area (Å²) >= 11 is 5.71. The van der Waals surface area contributed by atoms with Crippen LogP contribution < -0.4 is 4.74 Å². The van der Waals surface area contributed by atoms with Gasteiger partial charge in [0.05, 0.1) is 0 Å². The molecule has 0 aliphatic carbocycles. The molecule has 1 N–H and O–H groups in total. The molecule has 1 aromatic heterocycles. The Morgan fingerprint density at radius 2 is 1.52 bits per heavy atom. The van der Waals surface area contributed by atoms with Crippen molar-refractivity contribution >= 4 is 11.6 Å². The second-order valence-electron chi connectivity index (χ2n) is 4.53. The van der Waals surface area contributed by atoms with Gasteiger partial charge in [0.2, 0.25) is 0 Å². The number of benzene rings is 2. The van der Waals surface area contributed by atoms with E-state index < -0.39 is 6.10 Å². The fourth-order valence-electron chi connectivity index (χ4n) is 1.98. The molecule has 3 nitrogen and oxygen atoms in total. The molecule has 1 unspecified atom stereocenters. The van der Waals surface area contributed by atoms with Crippen molar-refractivity contribution in [1.82, 2.24) is 0 Å². The summed E-state index contributed by atoms with van der Waals surface area (Å²) < 4.78 is 10.9. The van der Waals surface area contributed by atoms with Gasteiger partial charge in [-0.1, -0.05) is 30.3 Å². The SMILES string of the molecule is OC(c1ccc(Oc2ccccc2)cc1)c1ccc(Cl)o1. The fraction of sp³-hybridized carbons (Fsp3) is 0.0588. The van der Waals surface area contributed by atoms with Crippen molar-refractivity contribution in [3.8, 4) is 11.5 Å². The third-order valence-electron chi connectivity index (χ3n) is 3.04. The zero-order valence-electron chi connectivity index (χ0n) is 11.1. The monoisotopic (exact) mass is 300 g/mol. The van der Waals surface area contributed by atoms with E-state index in [1.807, 2.05) is 30.3 Å². The van der Waals surface area contributed by atoms with E-state index in [0.717, 1.165) is 5.75 Å². The minimum absolute atomic E-state index is 0.257. The largest absolute Gasteiger partial charge is 0.457 e. The van der Waals surface area contributed by atoms with Gasteiger partial charge in [0.1, 0.15) is 23.4 Å². The van der Waals surface area contributed by atoms with Crippen LogP contribution in [0.1, 0.15) is 17.4 Å². The number of rotatable bonds is 4. The van der Waals surface area contributed by atoms with Crippen LogP contribution in [-0.4, -0.2) is 5.11 Å². The van der Waals surface area contributed by atoms with Crippen molar-refractivity contribution in [2.45, 2.75) is 6.10 Å². The van der Waals surface area contributed by atoms with Crippen LogP contribution in [0.15, 0.2) is 71.1 Å². The number of para-hydroxylation sites is 1. The first-order chi connectivity index (χ1) is 10.2. The Hall–Kier alpha value is -2.23. The highest BCUT2D eigenvalue weighted by Crippen LogP contribution is 2.28. The standard InChI is InChI=1S/C17H13ClO3/c18-16-11-10-15(21-16)17(19)12-6-8-14(9-7-12)20-13-4-2-1-3-5-13/h1-11,17,19H. The normalized spacial score (nSPS) is 12.1. The Morgan fingerprint density at radius 1 is 0.857 bits per heavy atom. The molecule has 106 valence electrons. The van der Waals surface area contributed by atoms with E-state index in [-0.39, 0.29) is 5.22 Å². The molecule has 0 aliphatic heterocycles. The molecule has 0 amide bonds. The van der Waals surface area contributed by atoms with Crippen LogP contribution in [-0.2, 0) is 0 Å². The second-order valence-corrected chi connectivity index (χ2v) is 4.90. The van der Waals surface area contributed by atoms with E-state index in [9.17, 15) is 5.11 Å². The van der Waals surface area contributed by atoms with E-state index >= 15 is 0 Å². The van der Waals surface area contributed by atoms with Gasteiger partial charge in [-0.25, -0.2) is 0 Å². The molecule has 0 saturated carbocycles. The number of ether oxygens (including phenoxy) is 1. The third-order valence-corrected chi connectivity index (χ3v) is 3.24. The average Bonchev–Trinajstić information content (AvgIpc) is 2.95. The molecule has 21 heavy (non-hydrogen) atoms. The lowest BCUT2D eigenvalue weighted by molar-refractivity contribution is 0.189. The average molecular weight is 301 g/mol. The minimum atomic E-state index is -0.844. The van der Waals surface area contributed by atoms with Gasteiger partial charge in [0.25, 0.3) is 0 Å². The van der Waals surface area contributed by atoms with Gasteiger partial charge in [0.15, 0.2) is 5.22 Å². The lowest BCUT2D eigenvalue weighted by Gasteiger charge is -2.10. The maximum absolute atomic E-state index is 10.2. The van der Waals surface area contributed by atoms with Crippen LogP contribution in [0.2, 0.25) is 5.22 Å². The van der Waals surface area contributed by atoms with Crippen LogP contribution in [0.25, 0.3) is 0 Å². The van der Waals surface area contributed by atoms with Gasteiger partial charge in [-0.15, -0.1) is 0 Å². The molecular formula is C17H13ClO3. The van der Waals surface area contributed by atoms with E-state index in [1.54, 1.807) is 36.4 Å². The summed E-state index contributed by atoms with van der Waals surface area (Å²) in [7, 11) is 0. The number of aliphatic hydroxyl groups excluding tert-OH is 1. The maximum Gasteiger partial charge on any atom is 0.193 e. The maximum atomic E-state index is 10.2. The van der Waals surface area contributed by atoms with E-state index in [4.69, 9.17) is 20.8 Å². The first kappa shape index (κ1) is 13.7. The first-order valence-corrected chi connectivity index (χ1v) is 6.86. The van der Waals surface area contributed by atoms with Crippen molar-refractivity contribution in [3.05, 3.63) is 83.3 Å². The molecule has 1 atom stereocenters. The van der Waals surface area contributed by atoms with Crippen LogP contribution in [0.4, 0.5) is 0 Å². The van der Waals surface area contributed by atoms with Gasteiger partial charge < -0.3 is 14.3 Å². The zero-order valence-corrected chi connectivity index (χ0v) is 11.8. The number of halogens is 1. The Bertz CT molecular complexity index is 704. The van der Waals surface area contributed by atoms with Crippen molar-refractivity contribution in [2.75, 3.05) is 0 Å². The van der Waals surface area contributed by atoms with Crippen molar-refractivity contribution in [1.29, 1.82) is 0 Å². The molecule has 3 rings (SSSR count). The van der Waals surface area contributed by atoms with Crippen LogP contribution in [0.3, 0.4) is 0 Å². The highest BCUT2D eigenvalue weighted by Gasteiger charge is 2.14. The molecular weight excluding hydrogens is 288 g/mol. The van der Waals surface area contributed by atoms with Crippen LogP contribution in [0, 0.1) is 0 Å². The summed E-state index contributed by atoms with van der Waals surface area (Å²) in [5, 5.41) is 10.5. The third kappa shape index (κ3) is 3.27. The molecule has 0 spiro atoms. The molecule has 0 aliphatic rings. The Labute approximate surface area is 127 Å². The summed E-state index contributed by atoms with van der Waals surface area (Å²) in [5.74, 6) is 1.88. The molecule has 0 fully saturated rings. The number of hydrogen-bond acceptors (Lipinski definition) is 3. The zero-order chi connectivity index (χ0) is 14.7. The molecule has 2 aromatic carbocycles. The van der Waals surface area contributed by atoms with E-state index in [2.05, 4.69) is 0 Å². The molecule has 1 heterocycles. The number of hydrogen-bond donors (Lipinski definition) is 1. The first-order valence-electron chi connectivity index (χ1n) is 6.48. The van der Waals surface area contributed by atoms with Crippen LogP contribution >= 0.6 is 11.6 Å². The number of furan rings is 1. The van der Waals surface area contributed by atoms with E-state index in [0.29, 0.717) is 17.1 Å². The van der Waals surface area contributed by atoms with Gasteiger partial charge in [-0.2, -0.15) is 0 Å². The summed E-state index contributed by atoms with van der Waals surface area (Å²) in [6.45, 7) is 0. The van der Waals surface area contributed by atoms with Gasteiger partial charge in [0, 0.05) is 0 Å². The van der Waals surface area contributed by atoms with Crippen LogP contribution in [0.5, 0.6) is 11.5 Å². The fourth-order valence-corrected chi connectivity index (χ4v) is 2.13. The predicted octanol–water partition coefficient (Wildman–Crippen LogP) is 4.81. The van der Waals surface area contributed by atoms with Crippen molar-refractivity contribution in [3.63, 3.8) is 0 Å². The molecule has 4 heteroatoms. The number of aliphatic hydroxyl groups is 1. The molecule has 0 saturated heterocycles. The summed E-state index contributed by atoms with van der Waals surface area (Å²) in [6.07, 6.45) is -0.844. The summed E-state index contributed by atoms with van der Waals surface area (Å²) in [6, 6.07) is 20.0. The van der Waals surface area contributed by atoms with Gasteiger partial charge in [-0.3, -0.25) is 0 Å². The van der Waals surface area contributed by atoms with Crippen molar-refractivity contribution in [2.24, 2.45) is 0 Å². The molecule has 3 aromatic rings. The highest BCUT2D eigenvalue weighted by atomic mass is 35.5. The van der Waals surface area contributed by atoms with Crippen molar-refractivity contribution < 1.29 is 14.3 Å². The lowest BCUT2D eigenvalue weighted by Crippen LogP contribution is -1.97. The quantitative estimate of drug-likeness (QED) is 0.752.